The van der Waals surface area contributed by atoms with E-state index in [4.69, 9.17) is 28.7 Å². The summed E-state index contributed by atoms with van der Waals surface area (Å²) in [6.07, 6.45) is 0. The lowest BCUT2D eigenvalue weighted by atomic mass is 9.67. The molecule has 0 bridgehead atoms. The van der Waals surface area contributed by atoms with Crippen molar-refractivity contribution >= 4 is 23.3 Å². The summed E-state index contributed by atoms with van der Waals surface area (Å²) in [6.45, 7) is 7.69. The summed E-state index contributed by atoms with van der Waals surface area (Å²) >= 11 is 1.36. The number of methoxy groups -OCH3 is 3. The van der Waals surface area contributed by atoms with Crippen LogP contribution < -0.4 is 19.5 Å². The van der Waals surface area contributed by atoms with Gasteiger partial charge in [0.05, 0.1) is 63.2 Å². The number of nitrogens with one attached hydrogen (secondary N) is 1. The standard InChI is InChI=1S/C31H36N2O7S/c1-8-39-29(34)24-18(3)33-31(4,20-13-11-10-12-14-20)26(30(35)40-9-2)25(24)28-32-21(17-41-28)19-15-22(36-5)27(38-7)23(16-19)37-6/h10-17,25-26,33H,8-9H2,1-7H3. The fourth-order valence-corrected chi connectivity index (χ4v) is 6.43. The molecule has 2 heterocycles. The Morgan fingerprint density at radius 1 is 0.976 bits per heavy atom. The molecule has 9 nitrogen and oxygen atoms in total. The van der Waals surface area contributed by atoms with Crippen molar-refractivity contribution in [2.24, 2.45) is 5.92 Å². The maximum Gasteiger partial charge on any atom is 0.336 e. The van der Waals surface area contributed by atoms with Gasteiger partial charge in [0.25, 0.3) is 0 Å². The van der Waals surface area contributed by atoms with E-state index >= 15 is 0 Å². The average molecular weight is 581 g/mol. The lowest BCUT2D eigenvalue weighted by molar-refractivity contribution is -0.152. The highest BCUT2D eigenvalue weighted by Gasteiger charge is 2.54. The van der Waals surface area contributed by atoms with E-state index in [2.05, 4.69) is 5.32 Å². The minimum Gasteiger partial charge on any atom is -0.493 e. The van der Waals surface area contributed by atoms with Crippen LogP contribution in [0.15, 0.2) is 59.1 Å². The van der Waals surface area contributed by atoms with Crippen molar-refractivity contribution < 1.29 is 33.3 Å². The van der Waals surface area contributed by atoms with Gasteiger partial charge in [-0.05, 0) is 45.4 Å². The van der Waals surface area contributed by atoms with E-state index in [1.54, 1.807) is 35.2 Å². The number of nitrogens with zero attached hydrogens (tertiary/aromatic N) is 1. The van der Waals surface area contributed by atoms with E-state index in [1.807, 2.05) is 61.7 Å². The zero-order valence-corrected chi connectivity index (χ0v) is 25.2. The van der Waals surface area contributed by atoms with Gasteiger partial charge in [-0.15, -0.1) is 11.3 Å². The summed E-state index contributed by atoms with van der Waals surface area (Å²) in [5.74, 6) is -1.06. The Kier molecular flexibility index (Phi) is 9.22. The van der Waals surface area contributed by atoms with Crippen LogP contribution in [0.1, 0.15) is 44.2 Å². The number of carbonyl (C=O) groups excluding carboxylic acids is 2. The molecule has 10 heteroatoms. The molecule has 2 aromatic carbocycles. The summed E-state index contributed by atoms with van der Waals surface area (Å²) in [6, 6.07) is 13.3. The van der Waals surface area contributed by atoms with Gasteiger partial charge in [0.1, 0.15) is 5.01 Å². The molecule has 1 aromatic heterocycles. The first-order valence-corrected chi connectivity index (χ1v) is 14.3. The number of aromatic nitrogens is 1. The molecule has 3 aromatic rings. The number of ether oxygens (including phenoxy) is 5. The molecular formula is C31H36N2O7S. The summed E-state index contributed by atoms with van der Waals surface area (Å²) in [4.78, 5) is 32.2. The molecule has 0 spiro atoms. The molecule has 1 N–H and O–H groups in total. The summed E-state index contributed by atoms with van der Waals surface area (Å²) in [5, 5.41) is 5.95. The molecule has 218 valence electrons. The maximum atomic E-state index is 13.8. The lowest BCUT2D eigenvalue weighted by Crippen LogP contribution is -2.55. The maximum absolute atomic E-state index is 13.8. The van der Waals surface area contributed by atoms with E-state index in [9.17, 15) is 9.59 Å². The number of benzene rings is 2. The van der Waals surface area contributed by atoms with Gasteiger partial charge < -0.3 is 29.0 Å². The van der Waals surface area contributed by atoms with Crippen LogP contribution in [0.5, 0.6) is 17.2 Å². The molecule has 41 heavy (non-hydrogen) atoms. The van der Waals surface area contributed by atoms with Crippen LogP contribution >= 0.6 is 11.3 Å². The number of thiazole rings is 1. The van der Waals surface area contributed by atoms with Crippen LogP contribution in [0, 0.1) is 5.92 Å². The normalized spacial score (nSPS) is 20.2. The van der Waals surface area contributed by atoms with Gasteiger partial charge in [0, 0.05) is 16.6 Å². The number of carbonyl (C=O) groups is 2. The Hall–Kier alpha value is -4.05. The minimum absolute atomic E-state index is 0.191. The van der Waals surface area contributed by atoms with Gasteiger partial charge >= 0.3 is 11.9 Å². The van der Waals surface area contributed by atoms with Gasteiger partial charge in [-0.3, -0.25) is 4.79 Å². The first-order valence-electron chi connectivity index (χ1n) is 13.4. The van der Waals surface area contributed by atoms with Gasteiger partial charge in [0.2, 0.25) is 5.75 Å². The summed E-state index contributed by atoms with van der Waals surface area (Å²) in [7, 11) is 4.65. The fraction of sp³-hybridized carbons (Fsp3) is 0.387. The predicted molar refractivity (Wildman–Crippen MR) is 156 cm³/mol. The first-order chi connectivity index (χ1) is 19.7. The minimum atomic E-state index is -0.906. The van der Waals surface area contributed by atoms with Crippen molar-refractivity contribution in [3.05, 3.63) is 69.7 Å². The zero-order valence-electron chi connectivity index (χ0n) is 24.4. The monoisotopic (exact) mass is 580 g/mol. The van der Waals surface area contributed by atoms with Crippen LogP contribution in [-0.2, 0) is 24.6 Å². The molecule has 1 aliphatic rings. The first kappa shape index (κ1) is 29.9. The molecule has 0 aliphatic carbocycles. The highest BCUT2D eigenvalue weighted by molar-refractivity contribution is 7.10. The smallest absolute Gasteiger partial charge is 0.336 e. The molecule has 1 aliphatic heterocycles. The third-order valence-corrected chi connectivity index (χ3v) is 8.20. The number of rotatable bonds is 10. The van der Waals surface area contributed by atoms with Gasteiger partial charge in [0.15, 0.2) is 11.5 Å². The second kappa shape index (κ2) is 12.6. The van der Waals surface area contributed by atoms with E-state index in [1.165, 1.54) is 11.3 Å². The molecular weight excluding hydrogens is 544 g/mol. The van der Waals surface area contributed by atoms with E-state index in [0.717, 1.165) is 11.1 Å². The molecule has 0 saturated heterocycles. The quantitative estimate of drug-likeness (QED) is 0.313. The molecule has 4 rings (SSSR count). The Morgan fingerprint density at radius 3 is 2.17 bits per heavy atom. The number of esters is 2. The number of hydrogen-bond acceptors (Lipinski definition) is 10. The Morgan fingerprint density at radius 2 is 1.61 bits per heavy atom. The molecule has 0 radical (unpaired) electrons. The second-order valence-electron chi connectivity index (χ2n) is 9.64. The van der Waals surface area contributed by atoms with Crippen LogP contribution in [0.4, 0.5) is 0 Å². The van der Waals surface area contributed by atoms with Crippen molar-refractivity contribution in [1.82, 2.24) is 10.3 Å². The Labute approximate surface area is 244 Å². The molecule has 0 fully saturated rings. The lowest BCUT2D eigenvalue weighted by Gasteiger charge is -2.46. The SMILES string of the molecule is CCOC(=O)C1=C(C)NC(C)(c2ccccc2)C(C(=O)OCC)C1c1nc(-c2cc(OC)c(OC)c(OC)c2)cs1. The third kappa shape index (κ3) is 5.61. The highest BCUT2D eigenvalue weighted by Crippen LogP contribution is 2.50. The van der Waals surface area contributed by atoms with Crippen LogP contribution in [-0.4, -0.2) is 51.5 Å². The van der Waals surface area contributed by atoms with Crippen molar-refractivity contribution in [2.75, 3.05) is 34.5 Å². The average Bonchev–Trinajstić information content (AvgIpc) is 3.46. The largest absolute Gasteiger partial charge is 0.493 e. The van der Waals surface area contributed by atoms with Crippen LogP contribution in [0.2, 0.25) is 0 Å². The second-order valence-corrected chi connectivity index (χ2v) is 10.5. The van der Waals surface area contributed by atoms with Gasteiger partial charge in [-0.25, -0.2) is 9.78 Å². The van der Waals surface area contributed by atoms with E-state index in [-0.39, 0.29) is 13.2 Å². The molecule has 3 unspecified atom stereocenters. The molecule has 3 atom stereocenters. The van der Waals surface area contributed by atoms with E-state index < -0.39 is 29.3 Å². The van der Waals surface area contributed by atoms with Crippen LogP contribution in [0.25, 0.3) is 11.3 Å². The van der Waals surface area contributed by atoms with Gasteiger partial charge in [-0.1, -0.05) is 30.3 Å². The zero-order chi connectivity index (χ0) is 29.7. The third-order valence-electron chi connectivity index (χ3n) is 7.28. The fourth-order valence-electron chi connectivity index (χ4n) is 5.45. The summed E-state index contributed by atoms with van der Waals surface area (Å²) in [5.41, 5.74) is 2.30. The van der Waals surface area contributed by atoms with Crippen molar-refractivity contribution in [1.29, 1.82) is 0 Å². The number of hydrogen-bond donors (Lipinski definition) is 1. The number of allylic oxidation sites excluding steroid dienone is 1. The van der Waals surface area contributed by atoms with E-state index in [0.29, 0.717) is 39.2 Å². The van der Waals surface area contributed by atoms with Crippen molar-refractivity contribution in [3.8, 4) is 28.5 Å². The molecule has 0 amide bonds. The van der Waals surface area contributed by atoms with Crippen LogP contribution in [0.3, 0.4) is 0 Å². The van der Waals surface area contributed by atoms with Crippen molar-refractivity contribution in [2.45, 2.75) is 39.2 Å². The molecule has 0 saturated carbocycles. The predicted octanol–water partition coefficient (Wildman–Crippen LogP) is 5.45. The summed E-state index contributed by atoms with van der Waals surface area (Å²) < 4.78 is 27.7. The van der Waals surface area contributed by atoms with Crippen molar-refractivity contribution in [3.63, 3.8) is 0 Å². The Bertz CT molecular complexity index is 1410. The Balaban J connectivity index is 1.93. The topological polar surface area (TPSA) is 105 Å². The highest BCUT2D eigenvalue weighted by atomic mass is 32.1. The van der Waals surface area contributed by atoms with Gasteiger partial charge in [-0.2, -0.15) is 0 Å².